The smallest absolute Gasteiger partial charge is 0.0863 e. The van der Waals surface area contributed by atoms with Crippen LogP contribution in [0.3, 0.4) is 0 Å². The topological polar surface area (TPSA) is 41.3 Å². The summed E-state index contributed by atoms with van der Waals surface area (Å²) in [5.41, 5.74) is 12.1. The second-order valence-corrected chi connectivity index (χ2v) is 6.03. The molecule has 4 rings (SSSR count). The molecule has 0 radical (unpaired) electrons. The lowest BCUT2D eigenvalue weighted by Gasteiger charge is -2.35. The van der Waals surface area contributed by atoms with Gasteiger partial charge in [-0.15, -0.1) is 0 Å². The number of para-hydroxylation sites is 3. The maximum absolute atomic E-state index is 6.18. The molecule has 1 heterocycles. The molecule has 4 heteroatoms. The van der Waals surface area contributed by atoms with Gasteiger partial charge in [0.05, 0.1) is 28.4 Å². The van der Waals surface area contributed by atoms with Gasteiger partial charge < -0.3 is 16.0 Å². The number of nitrogen functional groups attached to an aromatic ring is 1. The van der Waals surface area contributed by atoms with E-state index in [1.165, 1.54) is 0 Å². The molecule has 22 heavy (non-hydrogen) atoms. The van der Waals surface area contributed by atoms with Gasteiger partial charge in [0.2, 0.25) is 0 Å². The predicted octanol–water partition coefficient (Wildman–Crippen LogP) is 5.56. The lowest BCUT2D eigenvalue weighted by atomic mass is 10.1. The van der Waals surface area contributed by atoms with Gasteiger partial charge >= 0.3 is 0 Å². The number of halogens is 1. The van der Waals surface area contributed by atoms with Crippen molar-refractivity contribution in [3.05, 3.63) is 71.2 Å². The van der Waals surface area contributed by atoms with Crippen LogP contribution in [0.15, 0.2) is 71.2 Å². The minimum atomic E-state index is 0.740. The van der Waals surface area contributed by atoms with Crippen LogP contribution in [0.1, 0.15) is 0 Å². The molecule has 108 valence electrons. The normalized spacial score (nSPS) is 12.3. The van der Waals surface area contributed by atoms with Crippen LogP contribution >= 0.6 is 15.9 Å². The van der Waals surface area contributed by atoms with Gasteiger partial charge in [-0.25, -0.2) is 0 Å². The summed E-state index contributed by atoms with van der Waals surface area (Å²) >= 11 is 3.68. The highest BCUT2D eigenvalue weighted by molar-refractivity contribution is 9.10. The molecule has 0 aromatic heterocycles. The summed E-state index contributed by atoms with van der Waals surface area (Å²) in [6.07, 6.45) is 0. The molecule has 3 aromatic rings. The average Bonchev–Trinajstić information content (AvgIpc) is 2.55. The Bertz CT molecular complexity index is 846. The van der Waals surface area contributed by atoms with Gasteiger partial charge in [0.15, 0.2) is 0 Å². The Morgan fingerprint density at radius 2 is 1.64 bits per heavy atom. The Morgan fingerprint density at radius 3 is 2.45 bits per heavy atom. The Hall–Kier alpha value is -2.46. The van der Waals surface area contributed by atoms with Gasteiger partial charge in [0.25, 0.3) is 0 Å². The van der Waals surface area contributed by atoms with Crippen molar-refractivity contribution in [1.82, 2.24) is 0 Å². The Morgan fingerprint density at radius 1 is 0.864 bits per heavy atom. The quantitative estimate of drug-likeness (QED) is 0.441. The van der Waals surface area contributed by atoms with Crippen LogP contribution in [0.25, 0.3) is 0 Å². The van der Waals surface area contributed by atoms with Gasteiger partial charge in [0.1, 0.15) is 0 Å². The Balaban J connectivity index is 2.03. The number of nitrogens with two attached hydrogens (primary N) is 1. The fourth-order valence-electron chi connectivity index (χ4n) is 2.82. The van der Waals surface area contributed by atoms with Crippen molar-refractivity contribution in [2.24, 2.45) is 0 Å². The number of rotatable bonds is 1. The van der Waals surface area contributed by atoms with E-state index in [0.29, 0.717) is 0 Å². The van der Waals surface area contributed by atoms with Crippen LogP contribution in [0, 0.1) is 0 Å². The number of anilines is 6. The van der Waals surface area contributed by atoms with Crippen molar-refractivity contribution in [2.45, 2.75) is 0 Å². The largest absolute Gasteiger partial charge is 0.397 e. The minimum Gasteiger partial charge on any atom is -0.397 e. The Kier molecular flexibility index (Phi) is 3.05. The monoisotopic (exact) mass is 351 g/mol. The molecule has 0 amide bonds. The van der Waals surface area contributed by atoms with Crippen LogP contribution in [0.4, 0.5) is 34.1 Å². The van der Waals surface area contributed by atoms with Gasteiger partial charge in [-0.05, 0) is 52.3 Å². The highest BCUT2D eigenvalue weighted by atomic mass is 79.9. The van der Waals surface area contributed by atoms with Crippen molar-refractivity contribution >= 4 is 50.1 Å². The average molecular weight is 352 g/mol. The molecular formula is C18H14BrN3. The Labute approximate surface area is 137 Å². The van der Waals surface area contributed by atoms with E-state index >= 15 is 0 Å². The molecule has 0 saturated heterocycles. The van der Waals surface area contributed by atoms with E-state index in [1.807, 2.05) is 42.5 Å². The molecule has 3 aromatic carbocycles. The van der Waals surface area contributed by atoms with Gasteiger partial charge in [-0.2, -0.15) is 0 Å². The summed E-state index contributed by atoms with van der Waals surface area (Å²) in [5.74, 6) is 0. The molecule has 0 fully saturated rings. The van der Waals surface area contributed by atoms with E-state index < -0.39 is 0 Å². The lowest BCUT2D eigenvalue weighted by molar-refractivity contribution is 1.24. The number of hydrogen-bond donors (Lipinski definition) is 2. The van der Waals surface area contributed by atoms with E-state index in [4.69, 9.17) is 5.73 Å². The summed E-state index contributed by atoms with van der Waals surface area (Å²) in [7, 11) is 0. The third kappa shape index (κ3) is 1.96. The zero-order valence-corrected chi connectivity index (χ0v) is 13.3. The van der Waals surface area contributed by atoms with Crippen LogP contribution in [0.2, 0.25) is 0 Å². The summed E-state index contributed by atoms with van der Waals surface area (Å²) in [4.78, 5) is 2.22. The molecule has 1 aliphatic rings. The van der Waals surface area contributed by atoms with E-state index in [2.05, 4.69) is 50.4 Å². The highest BCUT2D eigenvalue weighted by Crippen LogP contribution is 2.52. The maximum atomic E-state index is 6.18. The first-order chi connectivity index (χ1) is 10.8. The molecule has 1 aliphatic heterocycles. The molecule has 0 spiro atoms. The van der Waals surface area contributed by atoms with Gasteiger partial charge in [-0.1, -0.05) is 30.3 Å². The second-order valence-electron chi connectivity index (χ2n) is 5.17. The molecular weight excluding hydrogens is 338 g/mol. The predicted molar refractivity (Wildman–Crippen MR) is 96.5 cm³/mol. The molecule has 0 saturated carbocycles. The molecule has 3 nitrogen and oxygen atoms in total. The van der Waals surface area contributed by atoms with Crippen molar-refractivity contribution in [1.29, 1.82) is 0 Å². The van der Waals surface area contributed by atoms with Gasteiger partial charge in [0, 0.05) is 10.2 Å². The van der Waals surface area contributed by atoms with E-state index in [1.54, 1.807) is 0 Å². The fourth-order valence-corrected chi connectivity index (χ4v) is 3.37. The van der Waals surface area contributed by atoms with Crippen molar-refractivity contribution in [2.75, 3.05) is 16.0 Å². The van der Waals surface area contributed by atoms with E-state index in [-0.39, 0.29) is 0 Å². The summed E-state index contributed by atoms with van der Waals surface area (Å²) in [6.45, 7) is 0. The maximum Gasteiger partial charge on any atom is 0.0863 e. The first kappa shape index (κ1) is 13.2. The third-order valence-electron chi connectivity index (χ3n) is 3.80. The first-order valence-corrected chi connectivity index (χ1v) is 7.84. The van der Waals surface area contributed by atoms with Crippen molar-refractivity contribution in [3.8, 4) is 0 Å². The number of nitrogens with one attached hydrogen (secondary N) is 1. The number of hydrogen-bond acceptors (Lipinski definition) is 3. The zero-order chi connectivity index (χ0) is 15.1. The van der Waals surface area contributed by atoms with E-state index in [0.717, 1.165) is 38.6 Å². The molecule has 0 aliphatic carbocycles. The lowest BCUT2D eigenvalue weighted by Crippen LogP contribution is -2.19. The molecule has 0 atom stereocenters. The summed E-state index contributed by atoms with van der Waals surface area (Å²) < 4.78 is 1.04. The molecule has 0 bridgehead atoms. The van der Waals surface area contributed by atoms with E-state index in [9.17, 15) is 0 Å². The first-order valence-electron chi connectivity index (χ1n) is 7.05. The fraction of sp³-hybridized carbons (Fsp3) is 0. The van der Waals surface area contributed by atoms with Crippen molar-refractivity contribution in [3.63, 3.8) is 0 Å². The minimum absolute atomic E-state index is 0.740. The van der Waals surface area contributed by atoms with Crippen molar-refractivity contribution < 1.29 is 0 Å². The van der Waals surface area contributed by atoms with Crippen LogP contribution in [-0.4, -0.2) is 0 Å². The second kappa shape index (κ2) is 5.07. The van der Waals surface area contributed by atoms with Crippen LogP contribution in [0.5, 0.6) is 0 Å². The summed E-state index contributed by atoms with van der Waals surface area (Å²) in [6, 6.07) is 22.4. The molecule has 3 N–H and O–H groups in total. The molecule has 0 unspecified atom stereocenters. The standard InChI is InChI=1S/C18H14BrN3/c19-13-8-4-10-15-18(13)22(12-6-2-1-3-7-12)16-11-5-9-14(20)17(16)21-15/h1-11,21H,20H2. The highest BCUT2D eigenvalue weighted by Gasteiger charge is 2.26. The number of benzene rings is 3. The van der Waals surface area contributed by atoms with Crippen LogP contribution < -0.4 is 16.0 Å². The van der Waals surface area contributed by atoms with Gasteiger partial charge in [-0.3, -0.25) is 0 Å². The van der Waals surface area contributed by atoms with Crippen LogP contribution in [-0.2, 0) is 0 Å². The number of fused-ring (bicyclic) bond motifs is 2. The summed E-state index contributed by atoms with van der Waals surface area (Å²) in [5, 5.41) is 3.45. The SMILES string of the molecule is Nc1cccc2c1Nc1cccc(Br)c1N2c1ccccc1. The number of nitrogens with zero attached hydrogens (tertiary/aromatic N) is 1. The zero-order valence-electron chi connectivity index (χ0n) is 11.8. The third-order valence-corrected chi connectivity index (χ3v) is 4.44.